The Balaban J connectivity index is 1.52. The van der Waals surface area contributed by atoms with Crippen molar-refractivity contribution < 1.29 is 4.79 Å². The second-order valence-electron chi connectivity index (χ2n) is 6.64. The molecule has 2 heterocycles. The molecule has 22 heavy (non-hydrogen) atoms. The zero-order chi connectivity index (χ0) is 15.4. The van der Waals surface area contributed by atoms with Crippen molar-refractivity contribution in [3.63, 3.8) is 0 Å². The van der Waals surface area contributed by atoms with Crippen LogP contribution in [0.3, 0.4) is 0 Å². The lowest BCUT2D eigenvalue weighted by Crippen LogP contribution is -2.48. The van der Waals surface area contributed by atoms with E-state index in [0.717, 1.165) is 49.5 Å². The molecule has 2 fully saturated rings. The van der Waals surface area contributed by atoms with Crippen molar-refractivity contribution in [2.75, 3.05) is 50.7 Å². The maximum atomic E-state index is 10.9. The van der Waals surface area contributed by atoms with Crippen molar-refractivity contribution in [2.24, 2.45) is 5.92 Å². The predicted octanol–water partition coefficient (Wildman–Crippen LogP) is 1.93. The van der Waals surface area contributed by atoms with Crippen LogP contribution in [0.15, 0.2) is 18.2 Å². The Bertz CT molecular complexity index is 503. The SMILES string of the molecule is Cc1cc(N2CCN(CC3CCNCC3)CC2)ccc1C=O. The number of benzene rings is 1. The van der Waals surface area contributed by atoms with E-state index in [1.54, 1.807) is 0 Å². The summed E-state index contributed by atoms with van der Waals surface area (Å²) in [6.45, 7) is 10.1. The van der Waals surface area contributed by atoms with Gasteiger partial charge in [0.05, 0.1) is 0 Å². The van der Waals surface area contributed by atoms with Crippen molar-refractivity contribution in [1.29, 1.82) is 0 Å². The second-order valence-corrected chi connectivity index (χ2v) is 6.64. The van der Waals surface area contributed by atoms with Gasteiger partial charge in [-0.15, -0.1) is 0 Å². The molecule has 2 aliphatic rings. The van der Waals surface area contributed by atoms with Crippen LogP contribution in [0.4, 0.5) is 5.69 Å². The molecule has 4 nitrogen and oxygen atoms in total. The van der Waals surface area contributed by atoms with Crippen LogP contribution in [0.1, 0.15) is 28.8 Å². The van der Waals surface area contributed by atoms with Crippen molar-refractivity contribution >= 4 is 12.0 Å². The summed E-state index contributed by atoms with van der Waals surface area (Å²) in [6, 6.07) is 6.17. The van der Waals surface area contributed by atoms with Gasteiger partial charge in [0.2, 0.25) is 0 Å². The fraction of sp³-hybridized carbons (Fsp3) is 0.611. The number of hydrogen-bond donors (Lipinski definition) is 1. The molecule has 0 radical (unpaired) electrons. The molecule has 1 aromatic carbocycles. The zero-order valence-corrected chi connectivity index (χ0v) is 13.6. The summed E-state index contributed by atoms with van der Waals surface area (Å²) >= 11 is 0. The highest BCUT2D eigenvalue weighted by Crippen LogP contribution is 2.21. The van der Waals surface area contributed by atoms with Crippen LogP contribution in [0.25, 0.3) is 0 Å². The summed E-state index contributed by atoms with van der Waals surface area (Å²) in [7, 11) is 0. The van der Waals surface area contributed by atoms with Gasteiger partial charge >= 0.3 is 0 Å². The smallest absolute Gasteiger partial charge is 0.150 e. The number of rotatable bonds is 4. The van der Waals surface area contributed by atoms with E-state index in [4.69, 9.17) is 0 Å². The molecule has 4 heteroatoms. The quantitative estimate of drug-likeness (QED) is 0.862. The normalized spacial score (nSPS) is 21.0. The first-order valence-corrected chi connectivity index (χ1v) is 8.50. The summed E-state index contributed by atoms with van der Waals surface area (Å²) in [5, 5.41) is 3.44. The Morgan fingerprint density at radius 1 is 1.18 bits per heavy atom. The van der Waals surface area contributed by atoms with Gasteiger partial charge in [-0.1, -0.05) is 0 Å². The molecule has 0 aromatic heterocycles. The largest absolute Gasteiger partial charge is 0.369 e. The summed E-state index contributed by atoms with van der Waals surface area (Å²) in [5.74, 6) is 0.877. The Morgan fingerprint density at radius 3 is 2.55 bits per heavy atom. The molecular formula is C18H27N3O. The average molecular weight is 301 g/mol. The summed E-state index contributed by atoms with van der Waals surface area (Å²) < 4.78 is 0. The lowest BCUT2D eigenvalue weighted by molar-refractivity contribution is 0.112. The molecule has 1 N–H and O–H groups in total. The van der Waals surface area contributed by atoms with Gasteiger partial charge < -0.3 is 10.2 Å². The third kappa shape index (κ3) is 3.68. The highest BCUT2D eigenvalue weighted by atomic mass is 16.1. The van der Waals surface area contributed by atoms with Crippen molar-refractivity contribution in [3.05, 3.63) is 29.3 Å². The zero-order valence-electron chi connectivity index (χ0n) is 13.6. The molecule has 0 bridgehead atoms. The minimum atomic E-state index is 0.799. The minimum Gasteiger partial charge on any atom is -0.369 e. The third-order valence-electron chi connectivity index (χ3n) is 5.09. The van der Waals surface area contributed by atoms with Crippen LogP contribution in [0, 0.1) is 12.8 Å². The maximum absolute atomic E-state index is 10.9. The third-order valence-corrected chi connectivity index (χ3v) is 5.09. The highest BCUT2D eigenvalue weighted by molar-refractivity contribution is 5.78. The van der Waals surface area contributed by atoms with Crippen molar-refractivity contribution in [3.8, 4) is 0 Å². The lowest BCUT2D eigenvalue weighted by atomic mass is 9.97. The summed E-state index contributed by atoms with van der Waals surface area (Å²) in [4.78, 5) is 16.0. The Hall–Kier alpha value is -1.39. The van der Waals surface area contributed by atoms with Crippen LogP contribution in [-0.2, 0) is 0 Å². The molecule has 0 saturated carbocycles. The van der Waals surface area contributed by atoms with E-state index >= 15 is 0 Å². The van der Waals surface area contributed by atoms with Crippen LogP contribution in [-0.4, -0.2) is 57.0 Å². The van der Waals surface area contributed by atoms with Gasteiger partial charge in [-0.25, -0.2) is 0 Å². The molecule has 0 spiro atoms. The Morgan fingerprint density at radius 2 is 1.91 bits per heavy atom. The number of hydrogen-bond acceptors (Lipinski definition) is 4. The molecule has 0 atom stereocenters. The number of piperazine rings is 1. The number of aryl methyl sites for hydroxylation is 1. The van der Waals surface area contributed by atoms with Crippen LogP contribution in [0.2, 0.25) is 0 Å². The van der Waals surface area contributed by atoms with E-state index < -0.39 is 0 Å². The van der Waals surface area contributed by atoms with Crippen LogP contribution in [0.5, 0.6) is 0 Å². The van der Waals surface area contributed by atoms with E-state index in [2.05, 4.69) is 27.2 Å². The number of aldehydes is 1. The van der Waals surface area contributed by atoms with Gasteiger partial charge in [0, 0.05) is 44.0 Å². The molecule has 0 unspecified atom stereocenters. The van der Waals surface area contributed by atoms with Crippen molar-refractivity contribution in [1.82, 2.24) is 10.2 Å². The van der Waals surface area contributed by atoms with Gasteiger partial charge in [-0.2, -0.15) is 0 Å². The number of piperidine rings is 1. The molecule has 1 aromatic rings. The number of carbonyl (C=O) groups excluding carboxylic acids is 1. The fourth-order valence-electron chi connectivity index (χ4n) is 3.61. The molecule has 0 amide bonds. The Labute approximate surface area is 133 Å². The van der Waals surface area contributed by atoms with Gasteiger partial charge in [0.15, 0.2) is 0 Å². The summed E-state index contributed by atoms with van der Waals surface area (Å²) in [6.07, 6.45) is 3.59. The van der Waals surface area contributed by atoms with Gasteiger partial charge in [-0.05, 0) is 62.5 Å². The predicted molar refractivity (Wildman–Crippen MR) is 90.8 cm³/mol. The van der Waals surface area contributed by atoms with Crippen LogP contribution >= 0.6 is 0 Å². The maximum Gasteiger partial charge on any atom is 0.150 e. The highest BCUT2D eigenvalue weighted by Gasteiger charge is 2.21. The number of anilines is 1. The van der Waals surface area contributed by atoms with E-state index in [0.29, 0.717) is 0 Å². The Kier molecular flexibility index (Phi) is 5.11. The lowest BCUT2D eigenvalue weighted by Gasteiger charge is -2.38. The molecule has 0 aliphatic carbocycles. The molecule has 2 saturated heterocycles. The van der Waals surface area contributed by atoms with Gasteiger partial charge in [-0.3, -0.25) is 9.69 Å². The second kappa shape index (κ2) is 7.25. The number of nitrogens with one attached hydrogen (secondary N) is 1. The average Bonchev–Trinajstić information content (AvgIpc) is 2.56. The minimum absolute atomic E-state index is 0.799. The van der Waals surface area contributed by atoms with Crippen LogP contribution < -0.4 is 10.2 Å². The summed E-state index contributed by atoms with van der Waals surface area (Å²) in [5.41, 5.74) is 3.13. The monoisotopic (exact) mass is 301 g/mol. The topological polar surface area (TPSA) is 35.6 Å². The van der Waals surface area contributed by atoms with E-state index in [-0.39, 0.29) is 0 Å². The van der Waals surface area contributed by atoms with E-state index in [9.17, 15) is 4.79 Å². The number of nitrogens with zero attached hydrogens (tertiary/aromatic N) is 2. The van der Waals surface area contributed by atoms with E-state index in [1.165, 1.54) is 38.2 Å². The molecule has 3 rings (SSSR count). The first kappa shape index (κ1) is 15.5. The molecule has 120 valence electrons. The first-order valence-electron chi connectivity index (χ1n) is 8.50. The standard InChI is InChI=1S/C18H27N3O/c1-15-12-18(3-2-17(15)14-22)21-10-8-20(9-11-21)13-16-4-6-19-7-5-16/h2-3,12,14,16,19H,4-11,13H2,1H3. The molecular weight excluding hydrogens is 274 g/mol. The number of carbonyl (C=O) groups is 1. The van der Waals surface area contributed by atoms with Crippen molar-refractivity contribution in [2.45, 2.75) is 19.8 Å². The molecule has 2 aliphatic heterocycles. The van der Waals surface area contributed by atoms with Gasteiger partial charge in [0.25, 0.3) is 0 Å². The fourth-order valence-corrected chi connectivity index (χ4v) is 3.61. The first-order chi connectivity index (χ1) is 10.8. The van der Waals surface area contributed by atoms with E-state index in [1.807, 2.05) is 13.0 Å². The van der Waals surface area contributed by atoms with Gasteiger partial charge in [0.1, 0.15) is 6.29 Å².